The number of pyridine rings is 1. The van der Waals surface area contributed by atoms with E-state index in [0.717, 1.165) is 17.0 Å². The predicted molar refractivity (Wildman–Crippen MR) is 73.1 cm³/mol. The van der Waals surface area contributed by atoms with E-state index in [4.69, 9.17) is 10.00 Å². The number of nitriles is 1. The van der Waals surface area contributed by atoms with Crippen LogP contribution in [-0.2, 0) is 6.54 Å². The van der Waals surface area contributed by atoms with Gasteiger partial charge in [0.15, 0.2) is 0 Å². The zero-order valence-electron chi connectivity index (χ0n) is 10.9. The van der Waals surface area contributed by atoms with Gasteiger partial charge in [0.2, 0.25) is 0 Å². The van der Waals surface area contributed by atoms with Crippen molar-refractivity contribution in [2.75, 3.05) is 7.11 Å². The van der Waals surface area contributed by atoms with Crippen LogP contribution in [0.2, 0.25) is 0 Å². The first-order valence-corrected chi connectivity index (χ1v) is 5.99. The molecule has 0 amide bonds. The van der Waals surface area contributed by atoms with Gasteiger partial charge in [0.1, 0.15) is 17.4 Å². The molecule has 19 heavy (non-hydrogen) atoms. The molecule has 96 valence electrons. The summed E-state index contributed by atoms with van der Waals surface area (Å²) in [4.78, 5) is 12.1. The molecule has 0 aliphatic carbocycles. The van der Waals surface area contributed by atoms with Crippen LogP contribution in [0.25, 0.3) is 11.3 Å². The molecule has 2 aromatic rings. The second-order valence-electron chi connectivity index (χ2n) is 4.03. The highest BCUT2D eigenvalue weighted by atomic mass is 16.5. The fourth-order valence-electron chi connectivity index (χ4n) is 2.01. The number of hydrogen-bond acceptors (Lipinski definition) is 3. The number of benzene rings is 1. The van der Waals surface area contributed by atoms with Crippen molar-refractivity contribution in [2.45, 2.75) is 13.5 Å². The topological polar surface area (TPSA) is 55.0 Å². The minimum atomic E-state index is -0.259. The van der Waals surface area contributed by atoms with Gasteiger partial charge in [-0.15, -0.1) is 0 Å². The molecule has 0 unspecified atom stereocenters. The predicted octanol–water partition coefficient (Wildman–Crippen LogP) is 2.42. The SMILES string of the molecule is CCn1c(-c2cccc(OC)c2)ccc(C#N)c1=O. The molecule has 0 aliphatic heterocycles. The van der Waals surface area contributed by atoms with Crippen LogP contribution in [0.1, 0.15) is 12.5 Å². The average Bonchev–Trinajstić information content (AvgIpc) is 2.47. The van der Waals surface area contributed by atoms with Crippen molar-refractivity contribution in [2.24, 2.45) is 0 Å². The van der Waals surface area contributed by atoms with Gasteiger partial charge in [-0.25, -0.2) is 0 Å². The second kappa shape index (κ2) is 5.40. The van der Waals surface area contributed by atoms with Crippen molar-refractivity contribution >= 4 is 0 Å². The summed E-state index contributed by atoms with van der Waals surface area (Å²) in [6, 6.07) is 12.8. The van der Waals surface area contributed by atoms with E-state index in [-0.39, 0.29) is 11.1 Å². The van der Waals surface area contributed by atoms with Crippen molar-refractivity contribution in [3.8, 4) is 23.1 Å². The highest BCUT2D eigenvalue weighted by Crippen LogP contribution is 2.23. The number of nitrogens with zero attached hydrogens (tertiary/aromatic N) is 2. The second-order valence-corrected chi connectivity index (χ2v) is 4.03. The van der Waals surface area contributed by atoms with Crippen molar-refractivity contribution < 1.29 is 4.74 Å². The Morgan fingerprint density at radius 2 is 2.11 bits per heavy atom. The molecular weight excluding hydrogens is 240 g/mol. The summed E-state index contributed by atoms with van der Waals surface area (Å²) in [6.07, 6.45) is 0. The normalized spacial score (nSPS) is 9.95. The Hall–Kier alpha value is -2.54. The molecule has 0 radical (unpaired) electrons. The van der Waals surface area contributed by atoms with E-state index < -0.39 is 0 Å². The van der Waals surface area contributed by atoms with Gasteiger partial charge < -0.3 is 9.30 Å². The summed E-state index contributed by atoms with van der Waals surface area (Å²) in [5.74, 6) is 0.733. The van der Waals surface area contributed by atoms with Crippen LogP contribution in [0.5, 0.6) is 5.75 Å². The van der Waals surface area contributed by atoms with Crippen LogP contribution < -0.4 is 10.3 Å². The zero-order chi connectivity index (χ0) is 13.8. The highest BCUT2D eigenvalue weighted by molar-refractivity contribution is 5.62. The standard InChI is InChI=1S/C15H14N2O2/c1-3-17-14(8-7-12(10-16)15(17)18)11-5-4-6-13(9-11)19-2/h4-9H,3H2,1-2H3. The van der Waals surface area contributed by atoms with Gasteiger partial charge in [-0.05, 0) is 31.2 Å². The molecule has 0 N–H and O–H groups in total. The average molecular weight is 254 g/mol. The third kappa shape index (κ3) is 2.36. The fraction of sp³-hybridized carbons (Fsp3) is 0.200. The van der Waals surface area contributed by atoms with Gasteiger partial charge in [-0.3, -0.25) is 4.79 Å². The molecular formula is C15H14N2O2. The number of methoxy groups -OCH3 is 1. The molecule has 4 nitrogen and oxygen atoms in total. The fourth-order valence-corrected chi connectivity index (χ4v) is 2.01. The van der Waals surface area contributed by atoms with E-state index in [1.807, 2.05) is 37.3 Å². The van der Waals surface area contributed by atoms with Crippen LogP contribution in [0.3, 0.4) is 0 Å². The molecule has 2 rings (SSSR count). The maximum absolute atomic E-state index is 12.1. The lowest BCUT2D eigenvalue weighted by Crippen LogP contribution is -2.23. The van der Waals surface area contributed by atoms with E-state index >= 15 is 0 Å². The quantitative estimate of drug-likeness (QED) is 0.845. The molecule has 0 aliphatic rings. The zero-order valence-corrected chi connectivity index (χ0v) is 10.9. The van der Waals surface area contributed by atoms with Crippen LogP contribution in [-0.4, -0.2) is 11.7 Å². The minimum absolute atomic E-state index is 0.161. The smallest absolute Gasteiger partial charge is 0.268 e. The first-order valence-electron chi connectivity index (χ1n) is 5.99. The van der Waals surface area contributed by atoms with Crippen molar-refractivity contribution in [1.82, 2.24) is 4.57 Å². The Bertz CT molecular complexity index is 696. The summed E-state index contributed by atoms with van der Waals surface area (Å²) in [5.41, 5.74) is 1.58. The maximum Gasteiger partial charge on any atom is 0.268 e. The monoisotopic (exact) mass is 254 g/mol. The van der Waals surface area contributed by atoms with Crippen molar-refractivity contribution in [3.05, 3.63) is 52.3 Å². The van der Waals surface area contributed by atoms with Gasteiger partial charge in [-0.1, -0.05) is 12.1 Å². The van der Waals surface area contributed by atoms with Crippen molar-refractivity contribution in [3.63, 3.8) is 0 Å². The number of rotatable bonds is 3. The van der Waals surface area contributed by atoms with E-state index in [1.165, 1.54) is 0 Å². The van der Waals surface area contributed by atoms with E-state index in [1.54, 1.807) is 23.8 Å². The number of hydrogen-bond donors (Lipinski definition) is 0. The van der Waals surface area contributed by atoms with Crippen LogP contribution >= 0.6 is 0 Å². The number of ether oxygens (including phenoxy) is 1. The summed E-state index contributed by atoms with van der Waals surface area (Å²) in [5, 5.41) is 8.90. The third-order valence-electron chi connectivity index (χ3n) is 2.98. The molecule has 4 heteroatoms. The molecule has 1 heterocycles. The van der Waals surface area contributed by atoms with Gasteiger partial charge >= 0.3 is 0 Å². The van der Waals surface area contributed by atoms with Gasteiger partial charge in [0, 0.05) is 12.1 Å². The van der Waals surface area contributed by atoms with Gasteiger partial charge in [-0.2, -0.15) is 5.26 Å². The lowest BCUT2D eigenvalue weighted by molar-refractivity contribution is 0.415. The van der Waals surface area contributed by atoms with Gasteiger partial charge in [0.05, 0.1) is 12.8 Å². The minimum Gasteiger partial charge on any atom is -0.497 e. The van der Waals surface area contributed by atoms with E-state index in [0.29, 0.717) is 6.54 Å². The Morgan fingerprint density at radius 1 is 1.32 bits per heavy atom. The lowest BCUT2D eigenvalue weighted by atomic mass is 10.1. The molecule has 1 aromatic carbocycles. The van der Waals surface area contributed by atoms with E-state index in [2.05, 4.69) is 0 Å². The lowest BCUT2D eigenvalue weighted by Gasteiger charge is -2.12. The van der Waals surface area contributed by atoms with E-state index in [9.17, 15) is 4.79 Å². The maximum atomic E-state index is 12.1. The molecule has 0 atom stereocenters. The first kappa shape index (κ1) is 12.9. The summed E-state index contributed by atoms with van der Waals surface area (Å²) >= 11 is 0. The Labute approximate surface area is 111 Å². The summed E-state index contributed by atoms with van der Waals surface area (Å²) in [7, 11) is 1.60. The van der Waals surface area contributed by atoms with Crippen LogP contribution in [0, 0.1) is 11.3 Å². The van der Waals surface area contributed by atoms with Crippen molar-refractivity contribution in [1.29, 1.82) is 5.26 Å². The number of aromatic nitrogens is 1. The third-order valence-corrected chi connectivity index (χ3v) is 2.98. The largest absolute Gasteiger partial charge is 0.497 e. The molecule has 1 aromatic heterocycles. The Morgan fingerprint density at radius 3 is 2.74 bits per heavy atom. The molecule has 0 bridgehead atoms. The summed E-state index contributed by atoms with van der Waals surface area (Å²) in [6.45, 7) is 2.40. The molecule has 0 saturated heterocycles. The summed E-state index contributed by atoms with van der Waals surface area (Å²) < 4.78 is 6.78. The molecule has 0 spiro atoms. The Kier molecular flexibility index (Phi) is 3.67. The van der Waals surface area contributed by atoms with Crippen LogP contribution in [0.15, 0.2) is 41.2 Å². The first-order chi connectivity index (χ1) is 9.21. The molecule has 0 fully saturated rings. The highest BCUT2D eigenvalue weighted by Gasteiger charge is 2.09. The molecule has 0 saturated carbocycles. The van der Waals surface area contributed by atoms with Gasteiger partial charge in [0.25, 0.3) is 5.56 Å². The van der Waals surface area contributed by atoms with Crippen LogP contribution in [0.4, 0.5) is 0 Å². The Balaban J connectivity index is 2.66.